The topological polar surface area (TPSA) is 91.5 Å². The lowest BCUT2D eigenvalue weighted by Crippen LogP contribution is -2.08. The third-order valence-electron chi connectivity index (χ3n) is 4.04. The summed E-state index contributed by atoms with van der Waals surface area (Å²) in [5.74, 6) is 0.472. The third kappa shape index (κ3) is 3.44. The van der Waals surface area contributed by atoms with Crippen LogP contribution in [0.5, 0.6) is 5.75 Å². The first kappa shape index (κ1) is 18.1. The van der Waals surface area contributed by atoms with Crippen molar-refractivity contribution in [3.8, 4) is 16.3 Å². The molecule has 28 heavy (non-hydrogen) atoms. The number of para-hydroxylation sites is 1. The predicted octanol–water partition coefficient (Wildman–Crippen LogP) is 3.23. The fourth-order valence-electron chi connectivity index (χ4n) is 2.78. The van der Waals surface area contributed by atoms with Crippen molar-refractivity contribution >= 4 is 23.1 Å². The minimum absolute atomic E-state index is 0.0265. The second kappa shape index (κ2) is 7.35. The Morgan fingerprint density at radius 2 is 2.00 bits per heavy atom. The number of aromatic nitrogens is 5. The lowest BCUT2D eigenvalue weighted by Gasteiger charge is -2.04. The Hall–Kier alpha value is -3.33. The van der Waals surface area contributed by atoms with Crippen LogP contribution >= 0.6 is 11.3 Å². The largest absolute Gasteiger partial charge is 0.496 e. The van der Waals surface area contributed by atoms with Gasteiger partial charge in [-0.15, -0.1) is 16.4 Å². The second-order valence-electron chi connectivity index (χ2n) is 6.11. The van der Waals surface area contributed by atoms with E-state index in [0.717, 1.165) is 27.7 Å². The zero-order valence-electron chi connectivity index (χ0n) is 15.5. The van der Waals surface area contributed by atoms with Crippen LogP contribution in [0.15, 0.2) is 35.7 Å². The maximum absolute atomic E-state index is 12.3. The molecule has 0 unspecified atom stereocenters. The van der Waals surface area contributed by atoms with Gasteiger partial charge >= 0.3 is 5.97 Å². The minimum atomic E-state index is -0.616. The highest BCUT2D eigenvalue weighted by Crippen LogP contribution is 2.32. The number of benzene rings is 1. The van der Waals surface area contributed by atoms with E-state index in [9.17, 15) is 4.79 Å². The molecule has 4 aromatic rings. The van der Waals surface area contributed by atoms with Crippen LogP contribution in [0.4, 0.5) is 0 Å². The number of hydrogen-bond acceptors (Lipinski definition) is 8. The summed E-state index contributed by atoms with van der Waals surface area (Å²) in [6.45, 7) is 3.77. The predicted molar refractivity (Wildman–Crippen MR) is 103 cm³/mol. The number of carbonyl (C=O) groups excluding carboxylic acids is 1. The van der Waals surface area contributed by atoms with Gasteiger partial charge < -0.3 is 9.47 Å². The zero-order chi connectivity index (χ0) is 19.7. The van der Waals surface area contributed by atoms with Crippen molar-refractivity contribution in [2.75, 3.05) is 7.11 Å². The van der Waals surface area contributed by atoms with E-state index in [1.165, 1.54) is 15.9 Å². The van der Waals surface area contributed by atoms with Gasteiger partial charge in [0.25, 0.3) is 11.6 Å². The van der Waals surface area contributed by atoms with E-state index in [0.29, 0.717) is 11.5 Å². The van der Waals surface area contributed by atoms with Crippen LogP contribution in [-0.4, -0.2) is 37.6 Å². The van der Waals surface area contributed by atoms with E-state index in [1.807, 2.05) is 49.6 Å². The normalized spacial score (nSPS) is 11.0. The molecule has 3 aromatic heterocycles. The summed E-state index contributed by atoms with van der Waals surface area (Å²) in [6.07, 6.45) is 0. The first-order chi connectivity index (χ1) is 13.5. The zero-order valence-corrected chi connectivity index (χ0v) is 16.4. The molecule has 0 aliphatic carbocycles. The van der Waals surface area contributed by atoms with E-state index in [1.54, 1.807) is 7.11 Å². The number of nitrogens with zero attached hydrogens (tertiary/aromatic N) is 5. The average Bonchev–Trinajstić information content (AvgIpc) is 3.33. The standard InChI is InChI=1S/C19H17N5O3S/c1-11-8-12(2)24-19(20-11)22-16(23-24)18(25)27-9-13-10-28-17(21-13)14-6-4-5-7-15(14)26-3/h4-8,10H,9H2,1-3H3. The smallest absolute Gasteiger partial charge is 0.378 e. The SMILES string of the molecule is COc1ccccc1-c1nc(COC(=O)c2nc3nc(C)cc(C)n3n2)cs1. The van der Waals surface area contributed by atoms with Gasteiger partial charge in [-0.1, -0.05) is 12.1 Å². The van der Waals surface area contributed by atoms with Crippen molar-refractivity contribution in [3.63, 3.8) is 0 Å². The van der Waals surface area contributed by atoms with Crippen molar-refractivity contribution in [2.24, 2.45) is 0 Å². The van der Waals surface area contributed by atoms with Crippen molar-refractivity contribution in [1.82, 2.24) is 24.6 Å². The summed E-state index contributed by atoms with van der Waals surface area (Å²) >= 11 is 1.46. The summed E-state index contributed by atoms with van der Waals surface area (Å²) in [4.78, 5) is 25.3. The van der Waals surface area contributed by atoms with Gasteiger partial charge in [-0.3, -0.25) is 0 Å². The van der Waals surface area contributed by atoms with E-state index in [4.69, 9.17) is 9.47 Å². The summed E-state index contributed by atoms with van der Waals surface area (Å²) < 4.78 is 12.2. The molecule has 0 aliphatic rings. The first-order valence-corrected chi connectivity index (χ1v) is 9.39. The molecule has 0 spiro atoms. The van der Waals surface area contributed by atoms with Crippen molar-refractivity contribution in [3.05, 3.63) is 58.6 Å². The van der Waals surface area contributed by atoms with Crippen molar-refractivity contribution < 1.29 is 14.3 Å². The molecule has 0 saturated carbocycles. The van der Waals surface area contributed by atoms with Gasteiger partial charge in [0, 0.05) is 16.8 Å². The maximum atomic E-state index is 12.3. The molecule has 8 nitrogen and oxygen atoms in total. The number of fused-ring (bicyclic) bond motifs is 1. The van der Waals surface area contributed by atoms with Gasteiger partial charge in [-0.25, -0.2) is 19.3 Å². The van der Waals surface area contributed by atoms with Gasteiger partial charge in [0.2, 0.25) is 0 Å². The van der Waals surface area contributed by atoms with Crippen LogP contribution in [0.2, 0.25) is 0 Å². The summed E-state index contributed by atoms with van der Waals surface area (Å²) in [5, 5.41) is 6.82. The quantitative estimate of drug-likeness (QED) is 0.479. The molecule has 1 aromatic carbocycles. The van der Waals surface area contributed by atoms with Gasteiger partial charge in [0.05, 0.1) is 18.4 Å². The lowest BCUT2D eigenvalue weighted by molar-refractivity contribution is 0.0454. The van der Waals surface area contributed by atoms with Crippen LogP contribution in [0.1, 0.15) is 27.7 Å². The fraction of sp³-hybridized carbons (Fsp3) is 0.211. The number of ether oxygens (including phenoxy) is 2. The van der Waals surface area contributed by atoms with Crippen LogP contribution < -0.4 is 4.74 Å². The number of methoxy groups -OCH3 is 1. The van der Waals surface area contributed by atoms with E-state index in [2.05, 4.69) is 20.1 Å². The molecule has 0 atom stereocenters. The molecule has 0 saturated heterocycles. The number of aryl methyl sites for hydroxylation is 2. The Kier molecular flexibility index (Phi) is 4.74. The second-order valence-corrected chi connectivity index (χ2v) is 6.96. The highest BCUT2D eigenvalue weighted by molar-refractivity contribution is 7.13. The molecule has 3 heterocycles. The molecular formula is C19H17N5O3S. The van der Waals surface area contributed by atoms with Crippen molar-refractivity contribution in [1.29, 1.82) is 0 Å². The Morgan fingerprint density at radius 3 is 2.82 bits per heavy atom. The highest BCUT2D eigenvalue weighted by Gasteiger charge is 2.17. The molecule has 0 fully saturated rings. The number of thiazole rings is 1. The molecule has 0 amide bonds. The summed E-state index contributed by atoms with van der Waals surface area (Å²) in [5.41, 5.74) is 3.19. The van der Waals surface area contributed by atoms with E-state index in [-0.39, 0.29) is 12.4 Å². The number of carbonyl (C=O) groups is 1. The highest BCUT2D eigenvalue weighted by atomic mass is 32.1. The Labute approximate surface area is 164 Å². The number of esters is 1. The van der Waals surface area contributed by atoms with Crippen molar-refractivity contribution in [2.45, 2.75) is 20.5 Å². The van der Waals surface area contributed by atoms with Crippen LogP contribution in [0, 0.1) is 13.8 Å². The van der Waals surface area contributed by atoms with Gasteiger partial charge in [-0.05, 0) is 32.0 Å². The summed E-state index contributed by atoms with van der Waals surface area (Å²) in [7, 11) is 1.62. The lowest BCUT2D eigenvalue weighted by atomic mass is 10.2. The molecule has 4 rings (SSSR count). The van der Waals surface area contributed by atoms with Gasteiger partial charge in [0.15, 0.2) is 0 Å². The van der Waals surface area contributed by atoms with Crippen LogP contribution in [0.3, 0.4) is 0 Å². The first-order valence-electron chi connectivity index (χ1n) is 8.51. The Bertz CT molecular complexity index is 1170. The molecule has 142 valence electrons. The summed E-state index contributed by atoms with van der Waals surface area (Å²) in [6, 6.07) is 9.50. The monoisotopic (exact) mass is 395 g/mol. The van der Waals surface area contributed by atoms with Gasteiger partial charge in [-0.2, -0.15) is 4.98 Å². The van der Waals surface area contributed by atoms with Crippen LogP contribution in [0.25, 0.3) is 16.3 Å². The molecule has 0 aliphatic heterocycles. The third-order valence-corrected chi connectivity index (χ3v) is 4.97. The average molecular weight is 395 g/mol. The Morgan fingerprint density at radius 1 is 1.18 bits per heavy atom. The number of rotatable bonds is 5. The van der Waals surface area contributed by atoms with E-state index < -0.39 is 5.97 Å². The molecular weight excluding hydrogens is 378 g/mol. The Balaban J connectivity index is 1.49. The minimum Gasteiger partial charge on any atom is -0.496 e. The molecule has 0 bridgehead atoms. The fourth-order valence-corrected chi connectivity index (χ4v) is 3.61. The number of hydrogen-bond donors (Lipinski definition) is 0. The van der Waals surface area contributed by atoms with Gasteiger partial charge in [0.1, 0.15) is 17.4 Å². The molecule has 9 heteroatoms. The maximum Gasteiger partial charge on any atom is 0.378 e. The molecule has 0 N–H and O–H groups in total. The van der Waals surface area contributed by atoms with E-state index >= 15 is 0 Å². The molecule has 0 radical (unpaired) electrons. The van der Waals surface area contributed by atoms with Crippen LogP contribution in [-0.2, 0) is 11.3 Å².